The number of carbonyl (C=O) groups excluding carboxylic acids is 2. The molecule has 1 radical (unpaired) electrons. The predicted octanol–water partition coefficient (Wildman–Crippen LogP) is 0.270. The smallest absolute Gasteiger partial charge is 0.198 e. The average molecular weight is 390 g/mol. The topological polar surface area (TPSA) is 80.9 Å². The number of hydrogen-bond acceptors (Lipinski definition) is 4. The number of nitroso groups, excluding NO2 is 1. The monoisotopic (exact) mass is 390 g/mol. The summed E-state index contributed by atoms with van der Waals surface area (Å²) in [6, 6.07) is 2.97. The molecule has 5 heteroatoms. The lowest BCUT2D eigenvalue weighted by Gasteiger charge is -2.15. The van der Waals surface area contributed by atoms with E-state index in [1.807, 2.05) is 0 Å². The third-order valence-electron chi connectivity index (χ3n) is 4.64. The summed E-state index contributed by atoms with van der Waals surface area (Å²) in [6.07, 6.45) is 0.797. The van der Waals surface area contributed by atoms with Crippen LogP contribution in [-0.4, -0.2) is 18.2 Å². The molecule has 2 rings (SSSR count). The maximum atomic E-state index is 12.8. The molecule has 1 aromatic carbocycles. The second-order valence-corrected chi connectivity index (χ2v) is 6.64. The zero-order valence-corrected chi connectivity index (χ0v) is 16.6. The highest BCUT2D eigenvalue weighted by atomic mass is 16.5. The van der Waals surface area contributed by atoms with Gasteiger partial charge in [-0.05, 0) is 0 Å². The van der Waals surface area contributed by atoms with Gasteiger partial charge in [0.15, 0.2) is 40.7 Å². The minimum absolute atomic E-state index is 0.000426. The van der Waals surface area contributed by atoms with Gasteiger partial charge in [0, 0.05) is 35.8 Å². The van der Waals surface area contributed by atoms with E-state index < -0.39 is 0 Å². The first-order valence-electron chi connectivity index (χ1n) is 9.24. The van der Waals surface area contributed by atoms with Crippen LogP contribution in [0.15, 0.2) is 16.4 Å². The summed E-state index contributed by atoms with van der Waals surface area (Å²) in [5.74, 6) is -0.908. The van der Waals surface area contributed by atoms with E-state index in [4.69, 9.17) is 4.54 Å². The van der Waals surface area contributed by atoms with E-state index in [1.165, 1.54) is 0 Å². The van der Waals surface area contributed by atoms with Crippen molar-refractivity contribution in [3.05, 3.63) is 76.0 Å². The first-order valence-corrected chi connectivity index (χ1v) is 9.24. The Labute approximate surface area is 171 Å². The molecule has 0 aromatic heterocycles. The Balaban J connectivity index is 2.76. The molecule has 0 heterocycles. The molecule has 5 nitrogen and oxygen atoms in total. The number of hydrogen-bond donors (Lipinski definition) is 0. The first-order chi connectivity index (χ1) is 13.8. The van der Waals surface area contributed by atoms with Gasteiger partial charge in [-0.3, -0.25) is 9.59 Å². The van der Waals surface area contributed by atoms with Crippen LogP contribution < -0.4 is 26.0 Å². The van der Waals surface area contributed by atoms with Crippen molar-refractivity contribution >= 4 is 36.1 Å². The lowest BCUT2D eigenvalue weighted by atomic mass is 9.84. The molecular weight excluding hydrogens is 366 g/mol. The number of rotatable bonds is 5. The minimum atomic E-state index is -0.380. The van der Waals surface area contributed by atoms with E-state index in [1.54, 1.807) is 0 Å². The van der Waals surface area contributed by atoms with Gasteiger partial charge in [0.05, 0.1) is 22.9 Å². The molecule has 1 aromatic rings. The Kier molecular flexibility index (Phi) is 7.21. The summed E-state index contributed by atoms with van der Waals surface area (Å²) in [7, 11) is 0. The number of ketones is 2. The molecule has 0 N–H and O–H groups in total. The molecule has 0 saturated heterocycles. The SMILES string of the molecule is C=c1[c]c([CH2+])c(=C2CC(=O)C(=C(C[CH2+])N=[O+]C[CH2-])C(=O)C2)c(=C)c1=C([O-])CC[CH2-]. The fourth-order valence-corrected chi connectivity index (χ4v) is 3.47. The lowest BCUT2D eigenvalue weighted by Crippen LogP contribution is -2.52. The average Bonchev–Trinajstić information content (AvgIpc) is 2.63. The van der Waals surface area contributed by atoms with Gasteiger partial charge in [-0.15, -0.1) is 5.76 Å². The van der Waals surface area contributed by atoms with Crippen LogP contribution in [0.1, 0.15) is 37.7 Å². The van der Waals surface area contributed by atoms with E-state index in [-0.39, 0.29) is 60.9 Å². The van der Waals surface area contributed by atoms with Gasteiger partial charge < -0.3 is 12.0 Å². The Morgan fingerprint density at radius 3 is 2.38 bits per heavy atom. The zero-order chi connectivity index (χ0) is 21.7. The second-order valence-electron chi connectivity index (χ2n) is 6.64. The van der Waals surface area contributed by atoms with E-state index >= 15 is 0 Å². The van der Waals surface area contributed by atoms with Gasteiger partial charge in [0.1, 0.15) is 6.42 Å². The van der Waals surface area contributed by atoms with Crippen molar-refractivity contribution in [1.29, 1.82) is 0 Å². The van der Waals surface area contributed by atoms with Crippen molar-refractivity contribution in [3.8, 4) is 0 Å². The van der Waals surface area contributed by atoms with Crippen molar-refractivity contribution in [2.75, 3.05) is 6.61 Å². The third-order valence-corrected chi connectivity index (χ3v) is 4.64. The minimum Gasteiger partial charge on any atom is -0.875 e. The summed E-state index contributed by atoms with van der Waals surface area (Å²) in [5.41, 5.74) is 1.22. The lowest BCUT2D eigenvalue weighted by molar-refractivity contribution is -0.252. The maximum Gasteiger partial charge on any atom is 0.198 e. The first kappa shape index (κ1) is 22.2. The van der Waals surface area contributed by atoms with Crippen LogP contribution in [0.2, 0.25) is 0 Å². The van der Waals surface area contributed by atoms with Crippen LogP contribution in [0.25, 0.3) is 24.5 Å². The molecule has 1 aliphatic rings. The number of allylic oxidation sites excluding steroid dienone is 2. The zero-order valence-electron chi connectivity index (χ0n) is 16.6. The highest BCUT2D eigenvalue weighted by molar-refractivity contribution is 6.27. The van der Waals surface area contributed by atoms with Gasteiger partial charge in [0.2, 0.25) is 0 Å². The summed E-state index contributed by atoms with van der Waals surface area (Å²) < 4.78 is 4.89. The van der Waals surface area contributed by atoms with Crippen molar-refractivity contribution < 1.29 is 14.7 Å². The predicted molar refractivity (Wildman–Crippen MR) is 113 cm³/mol. The fourth-order valence-electron chi connectivity index (χ4n) is 3.47. The van der Waals surface area contributed by atoms with Crippen LogP contribution in [0.3, 0.4) is 0 Å². The summed E-state index contributed by atoms with van der Waals surface area (Å²) in [5, 5.41) is 18.0. The van der Waals surface area contributed by atoms with Gasteiger partial charge >= 0.3 is 0 Å². The van der Waals surface area contributed by atoms with Crippen molar-refractivity contribution in [2.24, 2.45) is 5.18 Å². The van der Waals surface area contributed by atoms with E-state index in [0.717, 1.165) is 0 Å². The highest BCUT2D eigenvalue weighted by Crippen LogP contribution is 2.26. The van der Waals surface area contributed by atoms with Crippen LogP contribution >= 0.6 is 0 Å². The van der Waals surface area contributed by atoms with Gasteiger partial charge in [0.25, 0.3) is 0 Å². The summed E-state index contributed by atoms with van der Waals surface area (Å²) >= 11 is 0. The van der Waals surface area contributed by atoms with E-state index in [0.29, 0.717) is 38.4 Å². The molecule has 1 fully saturated rings. The number of carbonyl (C=O) groups is 2. The Hall–Kier alpha value is -3.08. The molecule has 149 valence electrons. The van der Waals surface area contributed by atoms with Crippen LogP contribution in [0.5, 0.6) is 0 Å². The largest absolute Gasteiger partial charge is 0.875 e. The van der Waals surface area contributed by atoms with Crippen LogP contribution in [-0.2, 0) is 9.59 Å². The third kappa shape index (κ3) is 4.50. The molecular formula is C24H24NO4. The van der Waals surface area contributed by atoms with Gasteiger partial charge in [-0.1, -0.05) is 19.6 Å². The molecule has 0 amide bonds. The number of nitrogens with zero attached hydrogens (tertiary/aromatic N) is 1. The Bertz CT molecular complexity index is 1100. The molecule has 0 unspecified atom stereocenters. The van der Waals surface area contributed by atoms with E-state index in [9.17, 15) is 14.7 Å². The van der Waals surface area contributed by atoms with Crippen LogP contribution in [0, 0.1) is 38.3 Å². The summed E-state index contributed by atoms with van der Waals surface area (Å²) in [4.78, 5) is 25.5. The highest BCUT2D eigenvalue weighted by Gasteiger charge is 2.33. The fraction of sp³-hybridized carbons (Fsp3) is 0.250. The standard InChI is InChI=1S/C24H24NO4/c1-7-10-19(26)23-15(5)11-14(4)22(16(23)6)17-12-20(27)24(21(28)13-17)18(8-2)25-29-9-3/h1-10,12-13H2. The van der Waals surface area contributed by atoms with Crippen LogP contribution in [0.4, 0.5) is 0 Å². The molecule has 1 aliphatic carbocycles. The van der Waals surface area contributed by atoms with Crippen molar-refractivity contribution in [1.82, 2.24) is 0 Å². The molecule has 0 bridgehead atoms. The molecule has 1 saturated carbocycles. The van der Waals surface area contributed by atoms with Gasteiger partial charge in [-0.2, -0.15) is 11.0 Å². The molecule has 29 heavy (non-hydrogen) atoms. The molecule has 0 aliphatic heterocycles. The van der Waals surface area contributed by atoms with E-state index in [2.05, 4.69) is 52.1 Å². The second kappa shape index (κ2) is 9.41. The summed E-state index contributed by atoms with van der Waals surface area (Å²) in [6.45, 7) is 22.8. The van der Waals surface area contributed by atoms with Gasteiger partial charge in [-0.25, -0.2) is 6.92 Å². The quantitative estimate of drug-likeness (QED) is 0.313. The Morgan fingerprint density at radius 2 is 1.86 bits per heavy atom. The molecule has 0 atom stereocenters. The maximum absolute atomic E-state index is 12.8. The van der Waals surface area contributed by atoms with Crippen molar-refractivity contribution in [2.45, 2.75) is 32.1 Å². The number of Topliss-reactive ketones (excluding diaryl/α,β-unsaturated/α-hetero) is 2. The Morgan fingerprint density at radius 1 is 1.24 bits per heavy atom. The normalized spacial score (nSPS) is 15.9. The number of benzene rings is 1. The molecule has 0 spiro atoms. The van der Waals surface area contributed by atoms with Crippen molar-refractivity contribution in [3.63, 3.8) is 0 Å².